The average Bonchev–Trinajstić information content (AvgIpc) is 3.11. The Bertz CT molecular complexity index is 1190. The molecule has 4 aromatic rings. The highest BCUT2D eigenvalue weighted by Crippen LogP contribution is 2.32. The number of carbonyl (C=O) groups excluding carboxylic acids is 1. The molecule has 1 heterocycles. The van der Waals surface area contributed by atoms with Crippen molar-refractivity contribution in [2.75, 3.05) is 0 Å². The van der Waals surface area contributed by atoms with Crippen LogP contribution in [0.5, 0.6) is 0 Å². The molecular formula is C24H17BrN2O. The Morgan fingerprint density at radius 3 is 2.50 bits per heavy atom. The molecule has 0 aliphatic carbocycles. The van der Waals surface area contributed by atoms with Crippen LogP contribution in [0.1, 0.15) is 33.9 Å². The van der Waals surface area contributed by atoms with Gasteiger partial charge in [0, 0.05) is 33.6 Å². The number of halogens is 1. The molecule has 0 saturated heterocycles. The number of nitrogens with zero attached hydrogens (tertiary/aromatic N) is 2. The lowest BCUT2D eigenvalue weighted by Gasteiger charge is -2.21. The summed E-state index contributed by atoms with van der Waals surface area (Å²) in [6.45, 7) is 0. The van der Waals surface area contributed by atoms with Gasteiger partial charge in [-0.1, -0.05) is 76.6 Å². The number of Topliss-reactive ketones (excluding diaryl/α,β-unsaturated/α-hetero) is 1. The maximum Gasteiger partial charge on any atom is 0.165 e. The van der Waals surface area contributed by atoms with E-state index >= 15 is 0 Å². The van der Waals surface area contributed by atoms with E-state index in [0.29, 0.717) is 17.5 Å². The fourth-order valence-corrected chi connectivity index (χ4v) is 3.98. The highest BCUT2D eigenvalue weighted by molar-refractivity contribution is 9.10. The number of aromatic nitrogens is 1. The van der Waals surface area contributed by atoms with Crippen molar-refractivity contribution in [2.24, 2.45) is 0 Å². The van der Waals surface area contributed by atoms with Crippen LogP contribution in [0.25, 0.3) is 10.9 Å². The third-order valence-corrected chi connectivity index (χ3v) is 5.40. The van der Waals surface area contributed by atoms with Gasteiger partial charge in [-0.05, 0) is 23.8 Å². The Morgan fingerprint density at radius 2 is 1.75 bits per heavy atom. The molecular weight excluding hydrogens is 412 g/mol. The van der Waals surface area contributed by atoms with Crippen molar-refractivity contribution < 1.29 is 4.79 Å². The number of rotatable bonds is 5. The Hall–Kier alpha value is -3.16. The van der Waals surface area contributed by atoms with Crippen molar-refractivity contribution in [1.82, 2.24) is 4.57 Å². The van der Waals surface area contributed by atoms with Crippen LogP contribution in [0.3, 0.4) is 0 Å². The zero-order valence-electron chi connectivity index (χ0n) is 15.0. The van der Waals surface area contributed by atoms with Crippen molar-refractivity contribution in [3.05, 3.63) is 106 Å². The predicted octanol–water partition coefficient (Wildman–Crippen LogP) is 6.14. The molecule has 28 heavy (non-hydrogen) atoms. The van der Waals surface area contributed by atoms with Crippen LogP contribution < -0.4 is 0 Å². The highest BCUT2D eigenvalue weighted by atomic mass is 79.9. The van der Waals surface area contributed by atoms with E-state index < -0.39 is 0 Å². The molecule has 1 unspecified atom stereocenters. The highest BCUT2D eigenvalue weighted by Gasteiger charge is 2.22. The van der Waals surface area contributed by atoms with Gasteiger partial charge in [-0.25, -0.2) is 0 Å². The average molecular weight is 429 g/mol. The molecule has 0 N–H and O–H groups in total. The molecule has 1 aromatic heterocycles. The summed E-state index contributed by atoms with van der Waals surface area (Å²) < 4.78 is 3.01. The molecule has 0 radical (unpaired) electrons. The summed E-state index contributed by atoms with van der Waals surface area (Å²) >= 11 is 3.54. The van der Waals surface area contributed by atoms with E-state index in [9.17, 15) is 10.1 Å². The lowest BCUT2D eigenvalue weighted by molar-refractivity contribution is 0.0970. The van der Waals surface area contributed by atoms with Crippen LogP contribution >= 0.6 is 15.9 Å². The molecule has 136 valence electrons. The topological polar surface area (TPSA) is 45.8 Å². The Morgan fingerprint density at radius 1 is 1.00 bits per heavy atom. The van der Waals surface area contributed by atoms with Crippen LogP contribution in [0.4, 0.5) is 0 Å². The maximum absolute atomic E-state index is 13.0. The van der Waals surface area contributed by atoms with E-state index in [1.807, 2.05) is 85.1 Å². The number of ketones is 1. The minimum atomic E-state index is -0.211. The van der Waals surface area contributed by atoms with Crippen molar-refractivity contribution >= 4 is 32.6 Å². The van der Waals surface area contributed by atoms with E-state index in [1.54, 1.807) is 0 Å². The quantitative estimate of drug-likeness (QED) is 0.358. The minimum absolute atomic E-state index is 0.0712. The minimum Gasteiger partial charge on any atom is -0.338 e. The van der Waals surface area contributed by atoms with Crippen LogP contribution in [0.15, 0.2) is 89.5 Å². The SMILES string of the molecule is N#Cc1cn(C(CC(=O)c2ccccc2)c2cccc(Br)c2)c2ccccc12. The van der Waals surface area contributed by atoms with Gasteiger partial charge in [0.1, 0.15) is 6.07 Å². The lowest BCUT2D eigenvalue weighted by Crippen LogP contribution is -2.15. The number of hydrogen-bond acceptors (Lipinski definition) is 2. The normalized spacial score (nSPS) is 11.9. The van der Waals surface area contributed by atoms with Crippen molar-refractivity contribution in [2.45, 2.75) is 12.5 Å². The predicted molar refractivity (Wildman–Crippen MR) is 114 cm³/mol. The van der Waals surface area contributed by atoms with Gasteiger partial charge in [-0.2, -0.15) is 5.26 Å². The van der Waals surface area contributed by atoms with Crippen molar-refractivity contribution in [1.29, 1.82) is 5.26 Å². The Labute approximate surface area is 172 Å². The number of benzene rings is 3. The molecule has 0 aliphatic rings. The summed E-state index contributed by atoms with van der Waals surface area (Å²) in [4.78, 5) is 13.0. The summed E-state index contributed by atoms with van der Waals surface area (Å²) in [7, 11) is 0. The summed E-state index contributed by atoms with van der Waals surface area (Å²) in [6, 6.07) is 27.2. The Balaban J connectivity index is 1.85. The third-order valence-electron chi connectivity index (χ3n) is 4.90. The molecule has 4 heteroatoms. The number of hydrogen-bond donors (Lipinski definition) is 0. The van der Waals surface area contributed by atoms with E-state index in [2.05, 4.69) is 26.6 Å². The number of fused-ring (bicyclic) bond motifs is 1. The van der Waals surface area contributed by atoms with Gasteiger partial charge in [-0.15, -0.1) is 0 Å². The summed E-state index contributed by atoms with van der Waals surface area (Å²) in [5, 5.41) is 10.5. The summed E-state index contributed by atoms with van der Waals surface area (Å²) in [6.07, 6.45) is 2.17. The van der Waals surface area contributed by atoms with Gasteiger partial charge in [0.2, 0.25) is 0 Å². The number of nitriles is 1. The summed E-state index contributed by atoms with van der Waals surface area (Å²) in [5.41, 5.74) is 3.27. The fourth-order valence-electron chi connectivity index (χ4n) is 3.56. The first-order chi connectivity index (χ1) is 13.7. The molecule has 0 fully saturated rings. The molecule has 3 aromatic carbocycles. The van der Waals surface area contributed by atoms with E-state index in [-0.39, 0.29) is 11.8 Å². The second-order valence-corrected chi connectivity index (χ2v) is 7.56. The van der Waals surface area contributed by atoms with E-state index in [1.165, 1.54) is 0 Å². The zero-order chi connectivity index (χ0) is 19.5. The first-order valence-electron chi connectivity index (χ1n) is 9.01. The van der Waals surface area contributed by atoms with Crippen LogP contribution in [0, 0.1) is 11.3 Å². The van der Waals surface area contributed by atoms with Gasteiger partial charge in [-0.3, -0.25) is 4.79 Å². The number of para-hydroxylation sites is 1. The summed E-state index contributed by atoms with van der Waals surface area (Å²) in [5.74, 6) is 0.0712. The second kappa shape index (κ2) is 7.84. The molecule has 1 atom stereocenters. The third kappa shape index (κ3) is 3.49. The molecule has 0 spiro atoms. The maximum atomic E-state index is 13.0. The molecule has 4 rings (SSSR count). The van der Waals surface area contributed by atoms with Crippen LogP contribution in [0.2, 0.25) is 0 Å². The monoisotopic (exact) mass is 428 g/mol. The van der Waals surface area contributed by atoms with Gasteiger partial charge >= 0.3 is 0 Å². The van der Waals surface area contributed by atoms with Crippen LogP contribution in [-0.2, 0) is 0 Å². The second-order valence-electron chi connectivity index (χ2n) is 6.64. The van der Waals surface area contributed by atoms with Gasteiger partial charge < -0.3 is 4.57 Å². The standard InChI is InChI=1S/C24H17BrN2O/c25-20-10-6-9-18(13-20)23(14-24(28)17-7-2-1-3-8-17)27-16-19(15-26)21-11-4-5-12-22(21)27/h1-13,16,23H,14H2. The van der Waals surface area contributed by atoms with E-state index in [4.69, 9.17) is 0 Å². The molecule has 0 bridgehead atoms. The van der Waals surface area contributed by atoms with Crippen molar-refractivity contribution in [3.8, 4) is 6.07 Å². The Kier molecular flexibility index (Phi) is 5.10. The smallest absolute Gasteiger partial charge is 0.165 e. The molecule has 0 aliphatic heterocycles. The van der Waals surface area contributed by atoms with E-state index in [0.717, 1.165) is 20.9 Å². The molecule has 3 nitrogen and oxygen atoms in total. The van der Waals surface area contributed by atoms with Crippen molar-refractivity contribution in [3.63, 3.8) is 0 Å². The van der Waals surface area contributed by atoms with Gasteiger partial charge in [0.05, 0.1) is 11.6 Å². The molecule has 0 saturated carbocycles. The largest absolute Gasteiger partial charge is 0.338 e. The van der Waals surface area contributed by atoms with Gasteiger partial charge in [0.15, 0.2) is 5.78 Å². The van der Waals surface area contributed by atoms with Crippen LogP contribution in [-0.4, -0.2) is 10.4 Å². The van der Waals surface area contributed by atoms with Gasteiger partial charge in [0.25, 0.3) is 0 Å². The first kappa shape index (κ1) is 18.2. The fraction of sp³-hybridized carbons (Fsp3) is 0.0833. The molecule has 0 amide bonds. The zero-order valence-corrected chi connectivity index (χ0v) is 16.6. The first-order valence-corrected chi connectivity index (χ1v) is 9.80. The number of carbonyl (C=O) groups is 1. The lowest BCUT2D eigenvalue weighted by atomic mass is 9.97.